The number of hydrogen-bond donors (Lipinski definition) is 3. The molecule has 7 heteroatoms. The fourth-order valence-corrected chi connectivity index (χ4v) is 2.82. The van der Waals surface area contributed by atoms with Crippen molar-refractivity contribution in [3.05, 3.63) is 46.8 Å². The first-order chi connectivity index (χ1) is 10.5. The maximum Gasteiger partial charge on any atom is 0.324 e. The van der Waals surface area contributed by atoms with E-state index in [1.54, 1.807) is 0 Å². The van der Waals surface area contributed by atoms with Crippen LogP contribution in [-0.4, -0.2) is 18.2 Å². The van der Waals surface area contributed by atoms with Gasteiger partial charge in [-0.25, -0.2) is 4.79 Å². The van der Waals surface area contributed by atoms with Gasteiger partial charge < -0.3 is 15.8 Å². The van der Waals surface area contributed by atoms with Crippen LogP contribution in [0.25, 0.3) is 0 Å². The number of carbonyl (C=O) groups is 2. The minimum absolute atomic E-state index is 0.0654. The molecular formula is C15H14N4O3. The topological polar surface area (TPSA) is 117 Å². The molecule has 1 saturated heterocycles. The molecule has 2 aliphatic heterocycles. The van der Waals surface area contributed by atoms with Gasteiger partial charge in [-0.05, 0) is 12.5 Å². The summed E-state index contributed by atoms with van der Waals surface area (Å²) in [4.78, 5) is 23.7. The Balaban J connectivity index is 2.11. The van der Waals surface area contributed by atoms with E-state index in [-0.39, 0.29) is 11.5 Å². The second-order valence-electron chi connectivity index (χ2n) is 5.31. The Morgan fingerprint density at radius 3 is 2.59 bits per heavy atom. The summed E-state index contributed by atoms with van der Waals surface area (Å²) in [5.74, 6) is -1.86. The standard InChI is InChI=1S/C15H14N4O3/c1-7-2-4-8(5-3-7)10-9(6-16)12(17)22-14-11(10)13(20)18-15(21)19-14/h2-5,10-11,14H,17H2,1H3,(H2,18,19,20,21). The third-order valence-corrected chi connectivity index (χ3v) is 3.89. The van der Waals surface area contributed by atoms with Gasteiger partial charge in [0.25, 0.3) is 0 Å². The van der Waals surface area contributed by atoms with E-state index in [4.69, 9.17) is 10.5 Å². The lowest BCUT2D eigenvalue weighted by molar-refractivity contribution is -0.132. The molecule has 0 spiro atoms. The monoisotopic (exact) mass is 298 g/mol. The fraction of sp³-hybridized carbons (Fsp3) is 0.267. The quantitative estimate of drug-likeness (QED) is 0.701. The number of benzene rings is 1. The molecule has 2 heterocycles. The number of allylic oxidation sites excluding steroid dienone is 1. The number of ether oxygens (including phenoxy) is 1. The van der Waals surface area contributed by atoms with Crippen molar-refractivity contribution < 1.29 is 14.3 Å². The number of nitrogens with zero attached hydrogens (tertiary/aromatic N) is 1. The van der Waals surface area contributed by atoms with Gasteiger partial charge in [-0.3, -0.25) is 10.1 Å². The molecule has 1 aromatic carbocycles. The van der Waals surface area contributed by atoms with Crippen molar-refractivity contribution in [2.45, 2.75) is 19.1 Å². The Hall–Kier alpha value is -3.01. The molecule has 7 nitrogen and oxygen atoms in total. The summed E-state index contributed by atoms with van der Waals surface area (Å²) in [7, 11) is 0. The highest BCUT2D eigenvalue weighted by molar-refractivity contribution is 5.99. The molecular weight excluding hydrogens is 284 g/mol. The van der Waals surface area contributed by atoms with E-state index in [0.29, 0.717) is 0 Å². The van der Waals surface area contributed by atoms with Crippen LogP contribution in [0.1, 0.15) is 17.0 Å². The molecule has 0 aromatic heterocycles. The molecule has 3 rings (SSSR count). The number of aryl methyl sites for hydroxylation is 1. The zero-order valence-corrected chi connectivity index (χ0v) is 11.8. The zero-order chi connectivity index (χ0) is 15.9. The van der Waals surface area contributed by atoms with Crippen LogP contribution >= 0.6 is 0 Å². The van der Waals surface area contributed by atoms with Gasteiger partial charge in [0, 0.05) is 5.92 Å². The van der Waals surface area contributed by atoms with Gasteiger partial charge >= 0.3 is 6.03 Å². The molecule has 3 amide bonds. The van der Waals surface area contributed by atoms with Crippen LogP contribution in [0.3, 0.4) is 0 Å². The van der Waals surface area contributed by atoms with Gasteiger partial charge in [0.2, 0.25) is 11.8 Å². The zero-order valence-electron chi connectivity index (χ0n) is 11.8. The van der Waals surface area contributed by atoms with E-state index in [2.05, 4.69) is 10.6 Å². The van der Waals surface area contributed by atoms with Gasteiger partial charge in [0.1, 0.15) is 12.0 Å². The molecule has 0 aliphatic carbocycles. The molecule has 4 N–H and O–H groups in total. The number of amides is 3. The van der Waals surface area contributed by atoms with Gasteiger partial charge in [-0.1, -0.05) is 29.8 Å². The number of fused-ring (bicyclic) bond motifs is 1. The summed E-state index contributed by atoms with van der Waals surface area (Å²) >= 11 is 0. The lowest BCUT2D eigenvalue weighted by Gasteiger charge is -2.39. The van der Waals surface area contributed by atoms with Crippen LogP contribution in [0, 0.1) is 24.2 Å². The van der Waals surface area contributed by atoms with Crippen LogP contribution in [0.4, 0.5) is 4.79 Å². The second kappa shape index (κ2) is 5.07. The number of nitriles is 1. The predicted molar refractivity (Wildman–Crippen MR) is 75.8 cm³/mol. The van der Waals surface area contributed by atoms with Gasteiger partial charge in [0.15, 0.2) is 6.23 Å². The average molecular weight is 298 g/mol. The van der Waals surface area contributed by atoms with E-state index < -0.39 is 30.0 Å². The Labute approximate surface area is 126 Å². The summed E-state index contributed by atoms with van der Waals surface area (Å²) in [5.41, 5.74) is 7.82. The Kier molecular flexibility index (Phi) is 3.22. The summed E-state index contributed by atoms with van der Waals surface area (Å²) in [6.07, 6.45) is -0.885. The summed E-state index contributed by atoms with van der Waals surface area (Å²) in [6, 6.07) is 8.86. The molecule has 112 valence electrons. The smallest absolute Gasteiger partial charge is 0.324 e. The first-order valence-corrected chi connectivity index (χ1v) is 6.75. The number of nitrogens with two attached hydrogens (primary N) is 1. The highest BCUT2D eigenvalue weighted by Crippen LogP contribution is 2.40. The number of hydrogen-bond acceptors (Lipinski definition) is 5. The van der Waals surface area contributed by atoms with Crippen molar-refractivity contribution >= 4 is 11.9 Å². The largest absolute Gasteiger partial charge is 0.454 e. The number of urea groups is 1. The maximum absolute atomic E-state index is 12.2. The predicted octanol–water partition coefficient (Wildman–Crippen LogP) is 0.584. The Morgan fingerprint density at radius 1 is 1.27 bits per heavy atom. The van der Waals surface area contributed by atoms with Crippen LogP contribution < -0.4 is 16.4 Å². The number of carbonyl (C=O) groups excluding carboxylic acids is 2. The highest BCUT2D eigenvalue weighted by atomic mass is 16.5. The molecule has 1 aromatic rings. The first kappa shape index (κ1) is 13.9. The summed E-state index contributed by atoms with van der Waals surface area (Å²) in [6.45, 7) is 1.94. The minimum Gasteiger partial charge on any atom is -0.454 e. The average Bonchev–Trinajstić information content (AvgIpc) is 2.46. The minimum atomic E-state index is -0.885. The molecule has 3 atom stereocenters. The fourth-order valence-electron chi connectivity index (χ4n) is 2.82. The molecule has 3 unspecified atom stereocenters. The first-order valence-electron chi connectivity index (χ1n) is 6.75. The van der Waals surface area contributed by atoms with Crippen LogP contribution in [-0.2, 0) is 9.53 Å². The van der Waals surface area contributed by atoms with E-state index >= 15 is 0 Å². The molecule has 2 aliphatic rings. The molecule has 0 radical (unpaired) electrons. The van der Waals surface area contributed by atoms with Gasteiger partial charge in [-0.2, -0.15) is 5.26 Å². The highest BCUT2D eigenvalue weighted by Gasteiger charge is 2.48. The molecule has 1 fully saturated rings. The Bertz CT molecular complexity index is 717. The van der Waals surface area contributed by atoms with Gasteiger partial charge in [0.05, 0.1) is 5.57 Å². The normalized spacial score (nSPS) is 27.2. The second-order valence-corrected chi connectivity index (χ2v) is 5.31. The van der Waals surface area contributed by atoms with Crippen LogP contribution in [0.2, 0.25) is 0 Å². The third-order valence-electron chi connectivity index (χ3n) is 3.89. The van der Waals surface area contributed by atoms with Crippen LogP contribution in [0.5, 0.6) is 0 Å². The summed E-state index contributed by atoms with van der Waals surface area (Å²) < 4.78 is 5.35. The van der Waals surface area contributed by atoms with Crippen molar-refractivity contribution in [3.63, 3.8) is 0 Å². The van der Waals surface area contributed by atoms with E-state index in [1.807, 2.05) is 37.3 Å². The van der Waals surface area contributed by atoms with E-state index in [9.17, 15) is 14.9 Å². The van der Waals surface area contributed by atoms with E-state index in [0.717, 1.165) is 11.1 Å². The summed E-state index contributed by atoms with van der Waals surface area (Å²) in [5, 5.41) is 14.1. The number of imide groups is 1. The lowest BCUT2D eigenvalue weighted by atomic mass is 9.77. The maximum atomic E-state index is 12.2. The van der Waals surface area contributed by atoms with Crippen LogP contribution in [0.15, 0.2) is 35.7 Å². The van der Waals surface area contributed by atoms with Crippen molar-refractivity contribution in [2.24, 2.45) is 11.7 Å². The molecule has 22 heavy (non-hydrogen) atoms. The lowest BCUT2D eigenvalue weighted by Crippen LogP contribution is -2.62. The third kappa shape index (κ3) is 2.15. The number of rotatable bonds is 1. The Morgan fingerprint density at radius 2 is 1.95 bits per heavy atom. The number of nitrogens with one attached hydrogen (secondary N) is 2. The molecule has 0 bridgehead atoms. The SMILES string of the molecule is Cc1ccc(C2C(C#N)=C(N)OC3NC(=O)NC(=O)C32)cc1. The molecule has 0 saturated carbocycles. The van der Waals surface area contributed by atoms with Crippen molar-refractivity contribution in [2.75, 3.05) is 0 Å². The van der Waals surface area contributed by atoms with Crippen molar-refractivity contribution in [3.8, 4) is 6.07 Å². The van der Waals surface area contributed by atoms with Crippen molar-refractivity contribution in [1.82, 2.24) is 10.6 Å². The van der Waals surface area contributed by atoms with Crippen molar-refractivity contribution in [1.29, 1.82) is 5.26 Å². The van der Waals surface area contributed by atoms with E-state index in [1.165, 1.54) is 0 Å². The van der Waals surface area contributed by atoms with Gasteiger partial charge in [-0.15, -0.1) is 0 Å².